The fraction of sp³-hybridized carbons (Fsp3) is 0.235. The summed E-state index contributed by atoms with van der Waals surface area (Å²) in [5, 5.41) is 6.80. The normalized spacial score (nSPS) is 13.9. The fourth-order valence-corrected chi connectivity index (χ4v) is 2.30. The second kappa shape index (κ2) is 5.72. The van der Waals surface area contributed by atoms with E-state index in [9.17, 15) is 4.79 Å². The van der Waals surface area contributed by atoms with E-state index in [2.05, 4.69) is 15.5 Å². The quantitative estimate of drug-likeness (QED) is 0.783. The lowest BCUT2D eigenvalue weighted by Crippen LogP contribution is -2.22. The topological polar surface area (TPSA) is 81.2 Å². The first kappa shape index (κ1) is 13.8. The molecular formula is C17H15N3O3. The van der Waals surface area contributed by atoms with Gasteiger partial charge in [0.05, 0.1) is 12.8 Å². The van der Waals surface area contributed by atoms with Crippen LogP contribution in [0.25, 0.3) is 11.4 Å². The predicted molar refractivity (Wildman–Crippen MR) is 81.6 cm³/mol. The summed E-state index contributed by atoms with van der Waals surface area (Å²) >= 11 is 0. The number of benzene rings is 1. The lowest BCUT2D eigenvalue weighted by Gasteiger charge is -2.03. The molecule has 0 spiro atoms. The monoisotopic (exact) mass is 309 g/mol. The molecule has 4 rings (SSSR count). The summed E-state index contributed by atoms with van der Waals surface area (Å²) in [7, 11) is 0. The third-order valence-corrected chi connectivity index (χ3v) is 3.78. The molecule has 116 valence electrons. The molecule has 1 fully saturated rings. The second-order valence-electron chi connectivity index (χ2n) is 5.57. The smallest absolute Gasteiger partial charge is 0.251 e. The van der Waals surface area contributed by atoms with E-state index in [-0.39, 0.29) is 5.91 Å². The highest BCUT2D eigenvalue weighted by atomic mass is 16.5. The van der Waals surface area contributed by atoms with Crippen molar-refractivity contribution in [3.8, 4) is 11.4 Å². The Balaban J connectivity index is 1.43. The van der Waals surface area contributed by atoms with E-state index in [1.807, 2.05) is 18.2 Å². The number of carbonyl (C=O) groups is 1. The zero-order chi connectivity index (χ0) is 15.6. The minimum Gasteiger partial charge on any atom is -0.467 e. The van der Waals surface area contributed by atoms with Crippen LogP contribution < -0.4 is 5.32 Å². The van der Waals surface area contributed by atoms with E-state index in [0.29, 0.717) is 29.7 Å². The van der Waals surface area contributed by atoms with E-state index in [0.717, 1.165) is 24.2 Å². The Kier molecular flexibility index (Phi) is 3.42. The Morgan fingerprint density at radius 2 is 2.04 bits per heavy atom. The van der Waals surface area contributed by atoms with Crippen molar-refractivity contribution >= 4 is 5.91 Å². The molecule has 1 amide bonds. The largest absolute Gasteiger partial charge is 0.467 e. The van der Waals surface area contributed by atoms with Gasteiger partial charge in [0.15, 0.2) is 0 Å². The van der Waals surface area contributed by atoms with Crippen molar-refractivity contribution in [2.75, 3.05) is 0 Å². The van der Waals surface area contributed by atoms with Crippen LogP contribution in [0.15, 0.2) is 51.6 Å². The Bertz CT molecular complexity index is 802. The summed E-state index contributed by atoms with van der Waals surface area (Å²) in [4.78, 5) is 16.5. The standard InChI is InChI=1S/C17H15N3O3/c21-16(18-10-14-2-1-9-22-14)12-5-3-11(4-6-12)15-19-17(23-20-15)13-7-8-13/h1-6,9,13H,7-8,10H2,(H,18,21). The van der Waals surface area contributed by atoms with Crippen molar-refractivity contribution < 1.29 is 13.7 Å². The van der Waals surface area contributed by atoms with E-state index < -0.39 is 0 Å². The van der Waals surface area contributed by atoms with Crippen LogP contribution in [0.4, 0.5) is 0 Å². The number of carbonyl (C=O) groups excluding carboxylic acids is 1. The molecule has 6 nitrogen and oxygen atoms in total. The van der Waals surface area contributed by atoms with Gasteiger partial charge >= 0.3 is 0 Å². The SMILES string of the molecule is O=C(NCc1ccco1)c1ccc(-c2noc(C3CC3)n2)cc1. The summed E-state index contributed by atoms with van der Waals surface area (Å²) in [5.41, 5.74) is 1.41. The van der Waals surface area contributed by atoms with E-state index in [4.69, 9.17) is 8.94 Å². The van der Waals surface area contributed by atoms with Crippen LogP contribution in [0.5, 0.6) is 0 Å². The zero-order valence-corrected chi connectivity index (χ0v) is 12.4. The molecule has 3 aromatic rings. The third-order valence-electron chi connectivity index (χ3n) is 3.78. The molecule has 1 aromatic carbocycles. The van der Waals surface area contributed by atoms with Crippen LogP contribution >= 0.6 is 0 Å². The summed E-state index contributed by atoms with van der Waals surface area (Å²) in [6.07, 6.45) is 3.82. The summed E-state index contributed by atoms with van der Waals surface area (Å²) in [6, 6.07) is 10.8. The van der Waals surface area contributed by atoms with Gasteiger partial charge in [0.1, 0.15) is 5.76 Å². The van der Waals surface area contributed by atoms with Crippen molar-refractivity contribution in [3.05, 3.63) is 59.9 Å². The highest BCUT2D eigenvalue weighted by Gasteiger charge is 2.29. The van der Waals surface area contributed by atoms with Crippen LogP contribution in [0.2, 0.25) is 0 Å². The average Bonchev–Trinajstić information content (AvgIpc) is 3.11. The molecule has 2 heterocycles. The highest BCUT2D eigenvalue weighted by Crippen LogP contribution is 2.39. The molecule has 0 saturated heterocycles. The molecule has 1 aliphatic carbocycles. The van der Waals surface area contributed by atoms with Crippen LogP contribution in [-0.4, -0.2) is 16.0 Å². The first-order chi connectivity index (χ1) is 11.3. The molecule has 0 aliphatic heterocycles. The molecule has 6 heteroatoms. The number of aromatic nitrogens is 2. The molecule has 2 aromatic heterocycles. The Labute approximate surface area is 132 Å². The molecule has 23 heavy (non-hydrogen) atoms. The van der Waals surface area contributed by atoms with Crippen molar-refractivity contribution in [1.29, 1.82) is 0 Å². The summed E-state index contributed by atoms with van der Waals surface area (Å²) in [5.74, 6) is 2.27. The lowest BCUT2D eigenvalue weighted by atomic mass is 10.1. The van der Waals surface area contributed by atoms with E-state index >= 15 is 0 Å². The van der Waals surface area contributed by atoms with E-state index in [1.165, 1.54) is 0 Å². The van der Waals surface area contributed by atoms with Gasteiger partial charge in [0, 0.05) is 17.0 Å². The van der Waals surface area contributed by atoms with Gasteiger partial charge in [0.25, 0.3) is 5.91 Å². The van der Waals surface area contributed by atoms with Gasteiger partial charge in [-0.25, -0.2) is 0 Å². The molecule has 0 atom stereocenters. The van der Waals surface area contributed by atoms with E-state index in [1.54, 1.807) is 24.5 Å². The Hall–Kier alpha value is -2.89. The van der Waals surface area contributed by atoms with Gasteiger partial charge in [-0.15, -0.1) is 0 Å². The molecule has 0 radical (unpaired) electrons. The van der Waals surface area contributed by atoms with Gasteiger partial charge in [-0.2, -0.15) is 4.98 Å². The summed E-state index contributed by atoms with van der Waals surface area (Å²) < 4.78 is 10.4. The van der Waals surface area contributed by atoms with Gasteiger partial charge in [-0.1, -0.05) is 17.3 Å². The number of hydrogen-bond acceptors (Lipinski definition) is 5. The van der Waals surface area contributed by atoms with Gasteiger partial charge < -0.3 is 14.3 Å². The Morgan fingerprint density at radius 3 is 2.74 bits per heavy atom. The molecule has 1 aliphatic rings. The van der Waals surface area contributed by atoms with Crippen LogP contribution in [0.1, 0.15) is 40.8 Å². The summed E-state index contributed by atoms with van der Waals surface area (Å²) in [6.45, 7) is 0.364. The maximum absolute atomic E-state index is 12.1. The number of rotatable bonds is 5. The first-order valence-corrected chi connectivity index (χ1v) is 7.54. The molecule has 0 unspecified atom stereocenters. The number of furan rings is 1. The molecular weight excluding hydrogens is 294 g/mol. The lowest BCUT2D eigenvalue weighted by molar-refractivity contribution is 0.0948. The van der Waals surface area contributed by atoms with Crippen LogP contribution in [0, 0.1) is 0 Å². The molecule has 0 bridgehead atoms. The van der Waals surface area contributed by atoms with Crippen molar-refractivity contribution in [2.24, 2.45) is 0 Å². The zero-order valence-electron chi connectivity index (χ0n) is 12.4. The highest BCUT2D eigenvalue weighted by molar-refractivity contribution is 5.94. The van der Waals surface area contributed by atoms with Crippen molar-refractivity contribution in [2.45, 2.75) is 25.3 Å². The number of nitrogens with zero attached hydrogens (tertiary/aromatic N) is 2. The average molecular weight is 309 g/mol. The predicted octanol–water partition coefficient (Wildman–Crippen LogP) is 3.14. The van der Waals surface area contributed by atoms with Crippen LogP contribution in [0.3, 0.4) is 0 Å². The van der Waals surface area contributed by atoms with Crippen LogP contribution in [-0.2, 0) is 6.54 Å². The minimum atomic E-state index is -0.153. The fourth-order valence-electron chi connectivity index (χ4n) is 2.30. The molecule has 1 saturated carbocycles. The first-order valence-electron chi connectivity index (χ1n) is 7.54. The van der Waals surface area contributed by atoms with Crippen molar-refractivity contribution in [1.82, 2.24) is 15.5 Å². The maximum atomic E-state index is 12.1. The van der Waals surface area contributed by atoms with Gasteiger partial charge in [-0.3, -0.25) is 4.79 Å². The third kappa shape index (κ3) is 3.01. The van der Waals surface area contributed by atoms with Gasteiger partial charge in [-0.05, 0) is 37.1 Å². The van der Waals surface area contributed by atoms with Crippen molar-refractivity contribution in [3.63, 3.8) is 0 Å². The Morgan fingerprint density at radius 1 is 1.22 bits per heavy atom. The van der Waals surface area contributed by atoms with Gasteiger partial charge in [0.2, 0.25) is 11.7 Å². The number of hydrogen-bond donors (Lipinski definition) is 1. The number of nitrogens with one attached hydrogen (secondary N) is 1. The maximum Gasteiger partial charge on any atom is 0.251 e. The molecule has 1 N–H and O–H groups in total. The minimum absolute atomic E-state index is 0.153. The number of amides is 1. The second-order valence-corrected chi connectivity index (χ2v) is 5.57.